The number of carboxylic acids is 1. The SMILES string of the molecule is COC(=O)CC[C@@H](NC(=O)CC(CN)OC)C(=O)O. The summed E-state index contributed by atoms with van der Waals surface area (Å²) < 4.78 is 9.32. The molecule has 0 aliphatic heterocycles. The van der Waals surface area contributed by atoms with Crippen molar-refractivity contribution in [2.24, 2.45) is 5.73 Å². The Morgan fingerprint density at radius 2 is 1.95 bits per heavy atom. The van der Waals surface area contributed by atoms with E-state index in [9.17, 15) is 14.4 Å². The third-order valence-corrected chi connectivity index (χ3v) is 2.51. The van der Waals surface area contributed by atoms with Crippen LogP contribution in [0, 0.1) is 0 Å². The molecule has 0 aromatic carbocycles. The smallest absolute Gasteiger partial charge is 0.326 e. The average molecular weight is 276 g/mol. The quantitative estimate of drug-likeness (QED) is 0.455. The lowest BCUT2D eigenvalue weighted by molar-refractivity contribution is -0.144. The molecule has 0 rings (SSSR count). The van der Waals surface area contributed by atoms with E-state index in [0.717, 1.165) is 0 Å². The van der Waals surface area contributed by atoms with Crippen LogP contribution in [0.4, 0.5) is 0 Å². The van der Waals surface area contributed by atoms with E-state index in [1.54, 1.807) is 0 Å². The van der Waals surface area contributed by atoms with Crippen LogP contribution in [0.1, 0.15) is 19.3 Å². The highest BCUT2D eigenvalue weighted by Crippen LogP contribution is 2.02. The van der Waals surface area contributed by atoms with Gasteiger partial charge in [0.1, 0.15) is 6.04 Å². The molecule has 110 valence electrons. The number of aliphatic carboxylic acids is 1. The van der Waals surface area contributed by atoms with E-state index in [1.165, 1.54) is 14.2 Å². The summed E-state index contributed by atoms with van der Waals surface area (Å²) in [4.78, 5) is 33.4. The largest absolute Gasteiger partial charge is 0.480 e. The van der Waals surface area contributed by atoms with E-state index in [4.69, 9.17) is 15.6 Å². The fourth-order valence-corrected chi connectivity index (χ4v) is 1.34. The van der Waals surface area contributed by atoms with E-state index >= 15 is 0 Å². The topological polar surface area (TPSA) is 128 Å². The van der Waals surface area contributed by atoms with Crippen LogP contribution in [0.25, 0.3) is 0 Å². The molecule has 8 nitrogen and oxygen atoms in total. The molecule has 0 fully saturated rings. The van der Waals surface area contributed by atoms with Gasteiger partial charge in [0.05, 0.1) is 19.6 Å². The van der Waals surface area contributed by atoms with Crippen LogP contribution < -0.4 is 11.1 Å². The molecular formula is C11H20N2O6. The molecule has 0 aliphatic carbocycles. The number of carboxylic acid groups (broad SMARTS) is 1. The fourth-order valence-electron chi connectivity index (χ4n) is 1.34. The van der Waals surface area contributed by atoms with Crippen molar-refractivity contribution in [3.63, 3.8) is 0 Å². The van der Waals surface area contributed by atoms with Gasteiger partial charge in [-0.1, -0.05) is 0 Å². The number of hydrogen-bond donors (Lipinski definition) is 3. The maximum Gasteiger partial charge on any atom is 0.326 e. The first-order chi connectivity index (χ1) is 8.94. The maximum atomic E-state index is 11.6. The summed E-state index contributed by atoms with van der Waals surface area (Å²) in [5.74, 6) is -2.23. The summed E-state index contributed by atoms with van der Waals surface area (Å²) >= 11 is 0. The van der Waals surface area contributed by atoms with Gasteiger partial charge in [-0.05, 0) is 6.42 Å². The molecule has 0 heterocycles. The highest BCUT2D eigenvalue weighted by atomic mass is 16.5. The van der Waals surface area contributed by atoms with Gasteiger partial charge >= 0.3 is 11.9 Å². The predicted molar refractivity (Wildman–Crippen MR) is 65.3 cm³/mol. The maximum absolute atomic E-state index is 11.6. The number of amides is 1. The van der Waals surface area contributed by atoms with E-state index < -0.39 is 30.0 Å². The predicted octanol–water partition coefficient (Wildman–Crippen LogP) is -1.13. The molecule has 8 heteroatoms. The van der Waals surface area contributed by atoms with E-state index in [2.05, 4.69) is 10.1 Å². The number of methoxy groups -OCH3 is 2. The van der Waals surface area contributed by atoms with Crippen LogP contribution in [0.15, 0.2) is 0 Å². The molecule has 0 aromatic rings. The van der Waals surface area contributed by atoms with E-state index in [0.29, 0.717) is 0 Å². The summed E-state index contributed by atoms with van der Waals surface area (Å²) in [6, 6.07) is -1.14. The Morgan fingerprint density at radius 3 is 2.37 bits per heavy atom. The van der Waals surface area contributed by atoms with Crippen molar-refractivity contribution in [2.75, 3.05) is 20.8 Å². The number of esters is 1. The molecular weight excluding hydrogens is 256 g/mol. The van der Waals surface area contributed by atoms with Crippen molar-refractivity contribution >= 4 is 17.8 Å². The molecule has 0 spiro atoms. The number of carbonyl (C=O) groups excluding carboxylic acids is 2. The lowest BCUT2D eigenvalue weighted by atomic mass is 10.1. The van der Waals surface area contributed by atoms with Gasteiger partial charge in [-0.25, -0.2) is 4.79 Å². The normalized spacial score (nSPS) is 13.4. The Hall–Kier alpha value is -1.67. The zero-order chi connectivity index (χ0) is 14.8. The summed E-state index contributed by atoms with van der Waals surface area (Å²) in [7, 11) is 2.62. The summed E-state index contributed by atoms with van der Waals surface area (Å²) in [5, 5.41) is 11.2. The second kappa shape index (κ2) is 9.29. The van der Waals surface area contributed by atoms with Crippen LogP contribution in [0.3, 0.4) is 0 Å². The van der Waals surface area contributed by atoms with Crippen LogP contribution in [-0.4, -0.2) is 55.9 Å². The Balaban J connectivity index is 4.30. The minimum atomic E-state index is -1.21. The Morgan fingerprint density at radius 1 is 1.32 bits per heavy atom. The highest BCUT2D eigenvalue weighted by molar-refractivity contribution is 5.84. The van der Waals surface area contributed by atoms with Crippen molar-refractivity contribution in [3.8, 4) is 0 Å². The first-order valence-corrected chi connectivity index (χ1v) is 5.76. The van der Waals surface area contributed by atoms with Crippen LogP contribution in [0.5, 0.6) is 0 Å². The molecule has 4 N–H and O–H groups in total. The van der Waals surface area contributed by atoms with Crippen molar-refractivity contribution in [1.82, 2.24) is 5.32 Å². The van der Waals surface area contributed by atoms with Gasteiger partial charge in [0, 0.05) is 20.1 Å². The van der Waals surface area contributed by atoms with Gasteiger partial charge in [0.2, 0.25) is 5.91 Å². The van der Waals surface area contributed by atoms with Crippen molar-refractivity contribution in [1.29, 1.82) is 0 Å². The standard InChI is InChI=1S/C11H20N2O6/c1-18-7(6-12)5-9(14)13-8(11(16)17)3-4-10(15)19-2/h7-8H,3-6,12H2,1-2H3,(H,13,14)(H,16,17)/t7?,8-/m1/s1. The average Bonchev–Trinajstić information content (AvgIpc) is 2.39. The van der Waals surface area contributed by atoms with Crippen LogP contribution >= 0.6 is 0 Å². The van der Waals surface area contributed by atoms with Crippen LogP contribution in [-0.2, 0) is 23.9 Å². The number of hydrogen-bond acceptors (Lipinski definition) is 6. The third kappa shape index (κ3) is 7.37. The molecule has 0 aromatic heterocycles. The fraction of sp³-hybridized carbons (Fsp3) is 0.727. The molecule has 0 saturated heterocycles. The second-order valence-electron chi connectivity index (χ2n) is 3.87. The lowest BCUT2D eigenvalue weighted by Crippen LogP contribution is -2.43. The monoisotopic (exact) mass is 276 g/mol. The number of nitrogens with one attached hydrogen (secondary N) is 1. The van der Waals surface area contributed by atoms with Gasteiger partial charge < -0.3 is 25.6 Å². The number of nitrogens with two attached hydrogens (primary N) is 1. The van der Waals surface area contributed by atoms with Crippen molar-refractivity contribution in [2.45, 2.75) is 31.4 Å². The highest BCUT2D eigenvalue weighted by Gasteiger charge is 2.22. The second-order valence-corrected chi connectivity index (χ2v) is 3.87. The van der Waals surface area contributed by atoms with Gasteiger partial charge in [0.15, 0.2) is 0 Å². The molecule has 0 aliphatic rings. The van der Waals surface area contributed by atoms with Gasteiger partial charge in [-0.2, -0.15) is 0 Å². The Labute approximate surface area is 111 Å². The molecule has 1 amide bonds. The van der Waals surface area contributed by atoms with E-state index in [-0.39, 0.29) is 25.8 Å². The number of ether oxygens (including phenoxy) is 2. The summed E-state index contributed by atoms with van der Waals surface area (Å²) in [6.07, 6.45) is -0.614. The third-order valence-electron chi connectivity index (χ3n) is 2.51. The Bertz CT molecular complexity index is 316. The van der Waals surface area contributed by atoms with Crippen molar-refractivity contribution in [3.05, 3.63) is 0 Å². The van der Waals surface area contributed by atoms with E-state index in [1.807, 2.05) is 0 Å². The minimum absolute atomic E-state index is 0.0327. The van der Waals surface area contributed by atoms with Crippen molar-refractivity contribution < 1.29 is 29.0 Å². The first kappa shape index (κ1) is 17.3. The zero-order valence-electron chi connectivity index (χ0n) is 11.0. The first-order valence-electron chi connectivity index (χ1n) is 5.76. The van der Waals surface area contributed by atoms with Crippen LogP contribution in [0.2, 0.25) is 0 Å². The summed E-state index contributed by atoms with van der Waals surface area (Å²) in [5.41, 5.74) is 5.36. The molecule has 0 bridgehead atoms. The molecule has 1 unspecified atom stereocenters. The lowest BCUT2D eigenvalue weighted by Gasteiger charge is -2.16. The minimum Gasteiger partial charge on any atom is -0.480 e. The van der Waals surface area contributed by atoms with Gasteiger partial charge in [-0.3, -0.25) is 9.59 Å². The molecule has 2 atom stereocenters. The number of rotatable bonds is 9. The molecule has 0 saturated carbocycles. The number of carbonyl (C=O) groups is 3. The molecule has 0 radical (unpaired) electrons. The van der Waals surface area contributed by atoms with Gasteiger partial charge in [0.25, 0.3) is 0 Å². The summed E-state index contributed by atoms with van der Waals surface area (Å²) in [6.45, 7) is 0.157. The Kier molecular flexibility index (Phi) is 8.47. The molecule has 19 heavy (non-hydrogen) atoms. The van der Waals surface area contributed by atoms with Gasteiger partial charge in [-0.15, -0.1) is 0 Å². The zero-order valence-corrected chi connectivity index (χ0v) is 11.0.